The first-order valence-corrected chi connectivity index (χ1v) is 9.48. The van der Waals surface area contributed by atoms with Crippen LogP contribution < -0.4 is 15.4 Å². The van der Waals surface area contributed by atoms with Gasteiger partial charge in [0.25, 0.3) is 11.8 Å². The molecule has 0 spiro atoms. The van der Waals surface area contributed by atoms with Crippen molar-refractivity contribution < 1.29 is 14.3 Å². The molecule has 7 heteroatoms. The number of fused-ring (bicyclic) bond motifs is 1. The van der Waals surface area contributed by atoms with Crippen molar-refractivity contribution in [3.8, 4) is 5.75 Å². The van der Waals surface area contributed by atoms with Crippen LogP contribution in [0, 0.1) is 0 Å². The van der Waals surface area contributed by atoms with Gasteiger partial charge in [0.15, 0.2) is 0 Å². The number of H-pyrrole nitrogens is 1. The standard InChI is InChI=1S/C22H22N4O3/c1-3-22(15-7-5-4-6-8-15)13-29-19-17(21(28)23-2)9-14(10-18(19)22)20(27)26-16-11-24-25-12-16/h4-12H,3,13H2,1-2H3,(H,23,28)(H,24,25)(H,26,27)/t22-/m1/s1. The van der Waals surface area contributed by atoms with Crippen molar-refractivity contribution in [2.45, 2.75) is 18.8 Å². The van der Waals surface area contributed by atoms with Gasteiger partial charge in [-0.3, -0.25) is 14.7 Å². The van der Waals surface area contributed by atoms with Crippen LogP contribution in [0.25, 0.3) is 0 Å². The number of amides is 2. The van der Waals surface area contributed by atoms with Crippen molar-refractivity contribution in [3.05, 3.63) is 77.1 Å². The average Bonchev–Trinajstić information content (AvgIpc) is 3.41. The van der Waals surface area contributed by atoms with Gasteiger partial charge < -0.3 is 15.4 Å². The second-order valence-electron chi connectivity index (χ2n) is 7.01. The number of hydrogen-bond acceptors (Lipinski definition) is 4. The molecule has 0 fully saturated rings. The van der Waals surface area contributed by atoms with Gasteiger partial charge in [-0.15, -0.1) is 0 Å². The Bertz CT molecular complexity index is 1050. The van der Waals surface area contributed by atoms with E-state index < -0.39 is 5.41 Å². The van der Waals surface area contributed by atoms with Crippen LogP contribution in [0.4, 0.5) is 5.69 Å². The summed E-state index contributed by atoms with van der Waals surface area (Å²) >= 11 is 0. The van der Waals surface area contributed by atoms with Crippen LogP contribution in [-0.2, 0) is 5.41 Å². The molecule has 0 saturated heterocycles. The molecular formula is C22H22N4O3. The summed E-state index contributed by atoms with van der Waals surface area (Å²) < 4.78 is 6.05. The predicted octanol–water partition coefficient (Wildman–Crippen LogP) is 3.11. The first-order valence-electron chi connectivity index (χ1n) is 9.48. The minimum absolute atomic E-state index is 0.292. The molecular weight excluding hydrogens is 368 g/mol. The number of carbonyl (C=O) groups is 2. The smallest absolute Gasteiger partial charge is 0.255 e. The second kappa shape index (κ2) is 7.43. The van der Waals surface area contributed by atoms with Crippen LogP contribution in [-0.4, -0.2) is 35.7 Å². The summed E-state index contributed by atoms with van der Waals surface area (Å²) in [4.78, 5) is 25.4. The molecule has 29 heavy (non-hydrogen) atoms. The van der Waals surface area contributed by atoms with Gasteiger partial charge in [-0.2, -0.15) is 5.10 Å². The zero-order valence-corrected chi connectivity index (χ0v) is 16.3. The number of aromatic amines is 1. The predicted molar refractivity (Wildman–Crippen MR) is 109 cm³/mol. The molecule has 3 N–H and O–H groups in total. The fraction of sp³-hybridized carbons (Fsp3) is 0.227. The molecule has 0 bridgehead atoms. The molecule has 4 rings (SSSR count). The summed E-state index contributed by atoms with van der Waals surface area (Å²) in [5.74, 6) is -0.0709. The molecule has 2 amide bonds. The highest BCUT2D eigenvalue weighted by atomic mass is 16.5. The topological polar surface area (TPSA) is 96.1 Å². The number of rotatable bonds is 5. The largest absolute Gasteiger partial charge is 0.491 e. The molecule has 0 radical (unpaired) electrons. The third-order valence-electron chi connectivity index (χ3n) is 5.49. The summed E-state index contributed by atoms with van der Waals surface area (Å²) in [6.07, 6.45) is 3.88. The Kier molecular flexibility index (Phi) is 4.80. The minimum Gasteiger partial charge on any atom is -0.491 e. The number of aromatic nitrogens is 2. The Balaban J connectivity index is 1.86. The molecule has 2 heterocycles. The third kappa shape index (κ3) is 3.14. The van der Waals surface area contributed by atoms with Crippen LogP contribution in [0.3, 0.4) is 0 Å². The Morgan fingerprint density at radius 3 is 2.66 bits per heavy atom. The van der Waals surface area contributed by atoms with E-state index >= 15 is 0 Å². The maximum atomic E-state index is 12.9. The third-order valence-corrected chi connectivity index (χ3v) is 5.49. The van der Waals surface area contributed by atoms with Crippen molar-refractivity contribution in [3.63, 3.8) is 0 Å². The Morgan fingerprint density at radius 1 is 1.21 bits per heavy atom. The van der Waals surface area contributed by atoms with Crippen molar-refractivity contribution >= 4 is 17.5 Å². The molecule has 1 aromatic heterocycles. The molecule has 1 atom stereocenters. The lowest BCUT2D eigenvalue weighted by molar-refractivity contribution is 0.0959. The van der Waals surface area contributed by atoms with Crippen molar-refractivity contribution in [2.24, 2.45) is 0 Å². The molecule has 1 aliphatic heterocycles. The van der Waals surface area contributed by atoms with E-state index in [4.69, 9.17) is 4.74 Å². The summed E-state index contributed by atoms with van der Waals surface area (Å²) in [6.45, 7) is 2.50. The van der Waals surface area contributed by atoms with Gasteiger partial charge in [-0.25, -0.2) is 0 Å². The quantitative estimate of drug-likeness (QED) is 0.624. The number of benzene rings is 2. The van der Waals surface area contributed by atoms with E-state index in [1.165, 1.54) is 6.20 Å². The van der Waals surface area contributed by atoms with Gasteiger partial charge in [0.1, 0.15) is 12.4 Å². The highest BCUT2D eigenvalue weighted by Crippen LogP contribution is 2.47. The normalized spacial score (nSPS) is 17.3. The van der Waals surface area contributed by atoms with Gasteiger partial charge in [0, 0.05) is 24.4 Å². The maximum Gasteiger partial charge on any atom is 0.255 e. The van der Waals surface area contributed by atoms with Crippen molar-refractivity contribution in [1.82, 2.24) is 15.5 Å². The fourth-order valence-electron chi connectivity index (χ4n) is 3.86. The van der Waals surface area contributed by atoms with Gasteiger partial charge in [-0.1, -0.05) is 37.3 Å². The number of anilines is 1. The maximum absolute atomic E-state index is 12.9. The van der Waals surface area contributed by atoms with Gasteiger partial charge in [0.05, 0.1) is 22.9 Å². The summed E-state index contributed by atoms with van der Waals surface area (Å²) in [6, 6.07) is 13.5. The van der Waals surface area contributed by atoms with Crippen molar-refractivity contribution in [2.75, 3.05) is 19.0 Å². The summed E-state index contributed by atoms with van der Waals surface area (Å²) in [5, 5.41) is 11.9. The van der Waals surface area contributed by atoms with Crippen LogP contribution in [0.15, 0.2) is 54.9 Å². The summed E-state index contributed by atoms with van der Waals surface area (Å²) in [7, 11) is 1.56. The van der Waals surface area contributed by atoms with Gasteiger partial charge in [-0.05, 0) is 24.1 Å². The SMILES string of the molecule is CC[C@]1(c2ccccc2)COc2c(C(=O)NC)cc(C(=O)Nc3cn[nH]c3)cc21. The molecule has 2 aromatic carbocycles. The molecule has 7 nitrogen and oxygen atoms in total. The van der Waals surface area contributed by atoms with Crippen LogP contribution in [0.5, 0.6) is 5.75 Å². The van der Waals surface area contributed by atoms with E-state index in [1.54, 1.807) is 19.3 Å². The first kappa shape index (κ1) is 18.7. The Labute approximate surface area is 168 Å². The lowest BCUT2D eigenvalue weighted by Crippen LogP contribution is -2.29. The fourth-order valence-corrected chi connectivity index (χ4v) is 3.86. The lowest BCUT2D eigenvalue weighted by Gasteiger charge is -2.27. The highest BCUT2D eigenvalue weighted by molar-refractivity contribution is 6.07. The number of ether oxygens (including phenoxy) is 1. The minimum atomic E-state index is -0.425. The first-order chi connectivity index (χ1) is 14.1. The molecule has 148 valence electrons. The Hall–Kier alpha value is -3.61. The van der Waals surface area contributed by atoms with E-state index in [1.807, 2.05) is 24.3 Å². The number of carbonyl (C=O) groups excluding carboxylic acids is 2. The summed E-state index contributed by atoms with van der Waals surface area (Å²) in [5.41, 5.74) is 2.82. The zero-order chi connectivity index (χ0) is 20.4. The van der Waals surface area contributed by atoms with E-state index in [0.29, 0.717) is 29.2 Å². The van der Waals surface area contributed by atoms with Crippen LogP contribution >= 0.6 is 0 Å². The van der Waals surface area contributed by atoms with Crippen LogP contribution in [0.2, 0.25) is 0 Å². The van der Waals surface area contributed by atoms with E-state index in [-0.39, 0.29) is 11.8 Å². The lowest BCUT2D eigenvalue weighted by atomic mass is 9.73. The second-order valence-corrected chi connectivity index (χ2v) is 7.01. The zero-order valence-electron chi connectivity index (χ0n) is 16.3. The molecule has 3 aromatic rings. The monoisotopic (exact) mass is 390 g/mol. The van der Waals surface area contributed by atoms with E-state index in [9.17, 15) is 9.59 Å². The molecule has 1 aliphatic rings. The number of nitrogens with one attached hydrogen (secondary N) is 3. The van der Waals surface area contributed by atoms with E-state index in [2.05, 4.69) is 39.9 Å². The van der Waals surface area contributed by atoms with Gasteiger partial charge in [0.2, 0.25) is 0 Å². The van der Waals surface area contributed by atoms with Crippen molar-refractivity contribution in [1.29, 1.82) is 0 Å². The van der Waals surface area contributed by atoms with Crippen LogP contribution in [0.1, 0.15) is 45.2 Å². The van der Waals surface area contributed by atoms with E-state index in [0.717, 1.165) is 17.5 Å². The molecule has 0 aliphatic carbocycles. The number of nitrogens with zero attached hydrogens (tertiary/aromatic N) is 1. The Morgan fingerprint density at radius 2 is 2.00 bits per heavy atom. The van der Waals surface area contributed by atoms with Gasteiger partial charge >= 0.3 is 0 Å². The molecule has 0 saturated carbocycles. The average molecular weight is 390 g/mol. The molecule has 0 unspecified atom stereocenters. The number of hydrogen-bond donors (Lipinski definition) is 3. The highest BCUT2D eigenvalue weighted by Gasteiger charge is 2.43.